The van der Waals surface area contributed by atoms with Gasteiger partial charge in [-0.1, -0.05) is 24.3 Å². The number of aryl methyl sites for hydroxylation is 2. The number of benzene rings is 2. The molecule has 2 saturated heterocycles. The van der Waals surface area contributed by atoms with E-state index in [2.05, 4.69) is 62.3 Å². The van der Waals surface area contributed by atoms with Crippen LogP contribution in [0.2, 0.25) is 0 Å². The fourth-order valence-corrected chi connectivity index (χ4v) is 8.98. The highest BCUT2D eigenvalue weighted by Gasteiger charge is 2.25. The first-order chi connectivity index (χ1) is 36.8. The monoisotopic (exact) mass is 1050 g/mol. The molecule has 1 amide bonds. The predicted octanol–water partition coefficient (Wildman–Crippen LogP) is 4.14. The van der Waals surface area contributed by atoms with E-state index < -0.39 is 0 Å². The molecule has 2 fully saturated rings. The second-order valence-corrected chi connectivity index (χ2v) is 18.7. The van der Waals surface area contributed by atoms with Gasteiger partial charge in [0.25, 0.3) is 11.5 Å². The summed E-state index contributed by atoms with van der Waals surface area (Å²) in [6, 6.07) is 15.3. The molecule has 4 N–H and O–H groups in total. The molecule has 19 heteroatoms. The Morgan fingerprint density at radius 3 is 1.57 bits per heavy atom. The van der Waals surface area contributed by atoms with Gasteiger partial charge in [-0.3, -0.25) is 19.4 Å². The minimum Gasteiger partial charge on any atom is -0.381 e. The molecule has 2 aromatic carbocycles. The quantitative estimate of drug-likeness (QED) is 0.0685. The first-order valence-electron chi connectivity index (χ1n) is 27.3. The summed E-state index contributed by atoms with van der Waals surface area (Å²) >= 11 is 0. The van der Waals surface area contributed by atoms with Gasteiger partial charge in [0, 0.05) is 101 Å². The fraction of sp³-hybridized carbons (Fsp3) is 0.679. The number of carbonyl (C=O) groups is 1. The van der Waals surface area contributed by atoms with E-state index in [1.807, 2.05) is 32.9 Å². The van der Waals surface area contributed by atoms with Crippen molar-refractivity contribution in [2.45, 2.75) is 59.7 Å². The number of piperazine rings is 1. The maximum Gasteiger partial charge on any atom is 0.253 e. The smallest absolute Gasteiger partial charge is 0.253 e. The molecule has 0 atom stereocenters. The molecule has 5 rings (SSSR count). The lowest BCUT2D eigenvalue weighted by Crippen LogP contribution is -2.46. The van der Waals surface area contributed by atoms with E-state index in [1.165, 1.54) is 5.56 Å². The predicted molar refractivity (Wildman–Crippen MR) is 290 cm³/mol. The van der Waals surface area contributed by atoms with E-state index in [0.717, 1.165) is 106 Å². The summed E-state index contributed by atoms with van der Waals surface area (Å²) in [6.45, 7) is 27.2. The summed E-state index contributed by atoms with van der Waals surface area (Å²) in [7, 11) is 0. The zero-order valence-electron chi connectivity index (χ0n) is 45.7. The Kier molecular flexibility index (Phi) is 31.2. The zero-order chi connectivity index (χ0) is 53.1. The maximum absolute atomic E-state index is 14.0. The summed E-state index contributed by atoms with van der Waals surface area (Å²) in [5.41, 5.74) is 13.3. The zero-order valence-corrected chi connectivity index (χ0v) is 45.7. The van der Waals surface area contributed by atoms with E-state index in [1.54, 1.807) is 0 Å². The number of nitrogens with two attached hydrogens (primary N) is 1. The van der Waals surface area contributed by atoms with Crippen molar-refractivity contribution < 1.29 is 56.9 Å². The van der Waals surface area contributed by atoms with Crippen molar-refractivity contribution in [3.63, 3.8) is 0 Å². The molecule has 422 valence electrons. The average molecular weight is 1060 g/mol. The Hall–Kier alpha value is -3.90. The largest absolute Gasteiger partial charge is 0.381 e. The molecule has 0 spiro atoms. The van der Waals surface area contributed by atoms with Gasteiger partial charge in [0.15, 0.2) is 0 Å². The Labute approximate surface area is 446 Å². The first kappa shape index (κ1) is 61.9. The lowest BCUT2D eigenvalue weighted by atomic mass is 9.94. The van der Waals surface area contributed by atoms with Crippen LogP contribution in [0.5, 0.6) is 0 Å². The summed E-state index contributed by atoms with van der Waals surface area (Å²) in [5, 5.41) is 3.07. The van der Waals surface area contributed by atoms with Crippen LogP contribution in [0.1, 0.15) is 58.1 Å². The van der Waals surface area contributed by atoms with Crippen LogP contribution in [-0.2, 0) is 65.2 Å². The number of hydrogen-bond acceptors (Lipinski definition) is 17. The Morgan fingerprint density at radius 2 is 1.11 bits per heavy atom. The van der Waals surface area contributed by atoms with Crippen LogP contribution in [0, 0.1) is 20.8 Å². The summed E-state index contributed by atoms with van der Waals surface area (Å²) < 4.78 is 61.1. The molecule has 0 aliphatic carbocycles. The number of carbonyl (C=O) groups excluding carboxylic acids is 1. The number of H-pyrrole nitrogens is 1. The number of aromatic amines is 1. The van der Waals surface area contributed by atoms with Gasteiger partial charge in [-0.05, 0) is 86.6 Å². The van der Waals surface area contributed by atoms with Crippen molar-refractivity contribution in [2.75, 3.05) is 196 Å². The van der Waals surface area contributed by atoms with Crippen molar-refractivity contribution in [1.29, 1.82) is 0 Å². The molecular weight excluding hydrogens is 965 g/mol. The van der Waals surface area contributed by atoms with Crippen molar-refractivity contribution in [3.05, 3.63) is 86.3 Å². The summed E-state index contributed by atoms with van der Waals surface area (Å²) in [5.74, 6) is -0.193. The molecule has 3 aromatic rings. The number of pyridine rings is 1. The number of hydrogen-bond donors (Lipinski definition) is 3. The van der Waals surface area contributed by atoms with Crippen molar-refractivity contribution >= 4 is 11.6 Å². The molecule has 2 aliphatic heterocycles. The SMILES string of the molecule is CCN(c1cc(-c2ccc(CN3CCN(CCOCCOCCOCCOCCOCCOCCOCCOCCOCCOCCN)CC3)cc2)cc(C(=O)NCc2c(C)cc(C)[nH]c2=O)c1C)C1CCOCC1. The third kappa shape index (κ3) is 24.1. The third-order valence-electron chi connectivity index (χ3n) is 13.1. The minimum atomic E-state index is -0.193. The van der Waals surface area contributed by atoms with Gasteiger partial charge < -0.3 is 73.0 Å². The van der Waals surface area contributed by atoms with Gasteiger partial charge in [0.05, 0.1) is 132 Å². The van der Waals surface area contributed by atoms with Crippen LogP contribution in [0.3, 0.4) is 0 Å². The Bertz CT molecular complexity index is 2050. The fourth-order valence-electron chi connectivity index (χ4n) is 8.98. The second-order valence-electron chi connectivity index (χ2n) is 18.7. The van der Waals surface area contributed by atoms with Gasteiger partial charge in [-0.15, -0.1) is 0 Å². The van der Waals surface area contributed by atoms with Crippen LogP contribution >= 0.6 is 0 Å². The molecule has 1 aromatic heterocycles. The first-order valence-corrected chi connectivity index (χ1v) is 27.3. The molecule has 0 saturated carbocycles. The molecule has 0 bridgehead atoms. The molecule has 2 aliphatic rings. The number of rotatable bonds is 41. The molecule has 75 heavy (non-hydrogen) atoms. The number of nitrogens with one attached hydrogen (secondary N) is 2. The molecule has 3 heterocycles. The number of nitrogens with zero attached hydrogens (tertiary/aromatic N) is 3. The van der Waals surface area contributed by atoms with E-state index in [0.29, 0.717) is 156 Å². The molecule has 19 nitrogen and oxygen atoms in total. The van der Waals surface area contributed by atoms with Crippen molar-refractivity contribution in [2.24, 2.45) is 5.73 Å². The highest BCUT2D eigenvalue weighted by molar-refractivity contribution is 5.99. The van der Waals surface area contributed by atoms with Crippen LogP contribution in [0.15, 0.2) is 47.3 Å². The number of amides is 1. The van der Waals surface area contributed by atoms with Crippen LogP contribution in [0.25, 0.3) is 11.1 Å². The second kappa shape index (κ2) is 37.8. The highest BCUT2D eigenvalue weighted by Crippen LogP contribution is 2.34. The van der Waals surface area contributed by atoms with Gasteiger partial charge in [0.1, 0.15) is 0 Å². The minimum absolute atomic E-state index is 0.153. The lowest BCUT2D eigenvalue weighted by Gasteiger charge is -2.37. The van der Waals surface area contributed by atoms with Crippen LogP contribution in [0.4, 0.5) is 5.69 Å². The molecule has 0 unspecified atom stereocenters. The van der Waals surface area contributed by atoms with Gasteiger partial charge in [-0.2, -0.15) is 0 Å². The highest BCUT2D eigenvalue weighted by atomic mass is 16.6. The Morgan fingerprint density at radius 1 is 0.640 bits per heavy atom. The van der Waals surface area contributed by atoms with E-state index in [9.17, 15) is 9.59 Å². The molecule has 0 radical (unpaired) electrons. The van der Waals surface area contributed by atoms with Crippen LogP contribution in [-0.4, -0.2) is 218 Å². The van der Waals surface area contributed by atoms with Gasteiger partial charge in [-0.25, -0.2) is 0 Å². The normalized spacial score (nSPS) is 14.7. The number of aromatic nitrogens is 1. The number of ether oxygens (including phenoxy) is 11. The molecular formula is C56H90N6O13. The van der Waals surface area contributed by atoms with Crippen molar-refractivity contribution in [3.8, 4) is 11.1 Å². The van der Waals surface area contributed by atoms with E-state index in [4.69, 9.17) is 57.8 Å². The van der Waals surface area contributed by atoms with Gasteiger partial charge in [0.2, 0.25) is 0 Å². The van der Waals surface area contributed by atoms with E-state index in [-0.39, 0.29) is 18.0 Å². The third-order valence-corrected chi connectivity index (χ3v) is 13.1. The average Bonchev–Trinajstić information content (AvgIpc) is 3.41. The Balaban J connectivity index is 0.868. The summed E-state index contributed by atoms with van der Waals surface area (Å²) in [4.78, 5) is 37.0. The summed E-state index contributed by atoms with van der Waals surface area (Å²) in [6.07, 6.45) is 1.89. The topological polar surface area (TPSA) is 199 Å². The maximum atomic E-state index is 14.0. The standard InChI is InChI=1S/C56H90N6O13/c1-5-62(51-10-18-65-19-11-51)54-42-50(41-52(47(54)4)55(63)58-43-53-45(2)40-46(3)59-56(53)64)49-8-6-48(7-9-49)44-61-15-13-60(14-16-61)17-21-67-23-25-69-27-29-71-31-33-73-35-37-75-39-38-74-36-34-72-32-30-70-28-26-68-24-22-66-20-12-57/h6-9,40-42,51H,5,10-39,43-44,57H2,1-4H3,(H,58,63)(H,59,64). The number of anilines is 1. The lowest BCUT2D eigenvalue weighted by molar-refractivity contribution is -0.0266. The van der Waals surface area contributed by atoms with Crippen molar-refractivity contribution in [1.82, 2.24) is 20.1 Å². The van der Waals surface area contributed by atoms with E-state index >= 15 is 0 Å². The van der Waals surface area contributed by atoms with Gasteiger partial charge >= 0.3 is 0 Å². The van der Waals surface area contributed by atoms with Crippen LogP contribution < -0.4 is 21.5 Å².